The zero-order valence-electron chi connectivity index (χ0n) is 22.6. The number of carbonyl (C=O) groups excluding carboxylic acids is 1. The summed E-state index contributed by atoms with van der Waals surface area (Å²) in [6, 6.07) is 20.2. The van der Waals surface area contributed by atoms with Crippen LogP contribution in [0.15, 0.2) is 66.9 Å². The summed E-state index contributed by atoms with van der Waals surface area (Å²) < 4.78 is 0. The van der Waals surface area contributed by atoms with E-state index in [0.717, 1.165) is 60.9 Å². The topological polar surface area (TPSA) is 76.3 Å². The van der Waals surface area contributed by atoms with Crippen molar-refractivity contribution in [2.75, 3.05) is 43.9 Å². The summed E-state index contributed by atoms with van der Waals surface area (Å²) in [5.74, 6) is 0.532. The number of carbonyl (C=O) groups is 1. The van der Waals surface area contributed by atoms with Crippen LogP contribution in [0.3, 0.4) is 0 Å². The number of hydrogen-bond acceptors (Lipinski definition) is 5. The SMILES string of the molecule is Cc1ccc(C)c(-c2cnc(Nc3cc(NC(=O)c4ccc(CN5CCN(C)CC5)cc4)ccc3C)[nH]2)c1. The molecule has 1 amide bonds. The van der Waals surface area contributed by atoms with Crippen molar-refractivity contribution in [3.8, 4) is 11.3 Å². The Kier molecular flexibility index (Phi) is 7.58. The molecule has 196 valence electrons. The van der Waals surface area contributed by atoms with Crippen molar-refractivity contribution in [2.24, 2.45) is 0 Å². The van der Waals surface area contributed by atoms with Gasteiger partial charge in [-0.05, 0) is 74.8 Å². The lowest BCUT2D eigenvalue weighted by molar-refractivity contribution is 0.102. The number of rotatable bonds is 7. The number of aryl methyl sites for hydroxylation is 3. The number of anilines is 3. The molecule has 0 atom stereocenters. The predicted molar refractivity (Wildman–Crippen MR) is 155 cm³/mol. The van der Waals surface area contributed by atoms with Gasteiger partial charge >= 0.3 is 0 Å². The van der Waals surface area contributed by atoms with E-state index in [4.69, 9.17) is 0 Å². The van der Waals surface area contributed by atoms with E-state index in [1.807, 2.05) is 43.5 Å². The van der Waals surface area contributed by atoms with Gasteiger partial charge in [0, 0.05) is 55.2 Å². The van der Waals surface area contributed by atoms with Gasteiger partial charge in [-0.1, -0.05) is 35.9 Å². The lowest BCUT2D eigenvalue weighted by Gasteiger charge is -2.32. The molecule has 0 radical (unpaired) electrons. The summed E-state index contributed by atoms with van der Waals surface area (Å²) in [5, 5.41) is 6.41. The number of aromatic amines is 1. The van der Waals surface area contributed by atoms with Gasteiger partial charge in [0.1, 0.15) is 0 Å². The van der Waals surface area contributed by atoms with Gasteiger partial charge in [-0.3, -0.25) is 9.69 Å². The Morgan fingerprint density at radius 1 is 0.921 bits per heavy atom. The average molecular weight is 509 g/mol. The van der Waals surface area contributed by atoms with E-state index in [1.54, 1.807) is 0 Å². The minimum atomic E-state index is -0.124. The third-order valence-electron chi connectivity index (χ3n) is 7.23. The minimum absolute atomic E-state index is 0.124. The van der Waals surface area contributed by atoms with Gasteiger partial charge in [-0.15, -0.1) is 0 Å². The Bertz CT molecular complexity index is 1420. The standard InChI is InChI=1S/C31H36N6O/c1-21-5-6-22(2)27(17-21)29-19-32-31(35-29)34-28-18-26(12-7-23(28)3)33-30(38)25-10-8-24(9-11-25)20-37-15-13-36(4)14-16-37/h5-12,17-19H,13-16,20H2,1-4H3,(H,33,38)(H2,32,34,35). The number of hydrogen-bond donors (Lipinski definition) is 3. The second-order valence-corrected chi connectivity index (χ2v) is 10.3. The molecule has 3 aromatic carbocycles. The van der Waals surface area contributed by atoms with Crippen LogP contribution < -0.4 is 10.6 Å². The molecule has 1 aliphatic heterocycles. The fourth-order valence-corrected chi connectivity index (χ4v) is 4.74. The molecule has 1 fully saturated rings. The van der Waals surface area contributed by atoms with Crippen LogP contribution >= 0.6 is 0 Å². The first-order chi connectivity index (χ1) is 18.3. The summed E-state index contributed by atoms with van der Waals surface area (Å²) in [5.41, 5.74) is 9.04. The monoisotopic (exact) mass is 508 g/mol. The van der Waals surface area contributed by atoms with Crippen molar-refractivity contribution in [1.29, 1.82) is 0 Å². The lowest BCUT2D eigenvalue weighted by atomic mass is 10.0. The fraction of sp³-hybridized carbons (Fsp3) is 0.290. The van der Waals surface area contributed by atoms with E-state index in [1.165, 1.54) is 16.7 Å². The van der Waals surface area contributed by atoms with Gasteiger partial charge in [-0.2, -0.15) is 0 Å². The molecular formula is C31H36N6O. The van der Waals surface area contributed by atoms with E-state index >= 15 is 0 Å². The van der Waals surface area contributed by atoms with E-state index < -0.39 is 0 Å². The molecule has 7 nitrogen and oxygen atoms in total. The van der Waals surface area contributed by atoms with Crippen molar-refractivity contribution in [2.45, 2.75) is 27.3 Å². The molecule has 0 saturated carbocycles. The van der Waals surface area contributed by atoms with Crippen molar-refractivity contribution in [3.63, 3.8) is 0 Å². The van der Waals surface area contributed by atoms with Gasteiger partial charge in [0.2, 0.25) is 5.95 Å². The normalized spacial score (nSPS) is 14.4. The van der Waals surface area contributed by atoms with Crippen LogP contribution in [0.1, 0.15) is 32.6 Å². The zero-order valence-corrected chi connectivity index (χ0v) is 22.6. The number of aromatic nitrogens is 2. The van der Waals surface area contributed by atoms with Crippen LogP contribution in [-0.2, 0) is 6.54 Å². The summed E-state index contributed by atoms with van der Waals surface area (Å²) in [6.07, 6.45) is 1.85. The summed E-state index contributed by atoms with van der Waals surface area (Å²) >= 11 is 0. The second kappa shape index (κ2) is 11.2. The molecule has 1 saturated heterocycles. The zero-order chi connectivity index (χ0) is 26.6. The molecular weight excluding hydrogens is 472 g/mol. The molecule has 5 rings (SSSR count). The van der Waals surface area contributed by atoms with E-state index in [0.29, 0.717) is 11.5 Å². The first-order valence-electron chi connectivity index (χ1n) is 13.2. The Morgan fingerprint density at radius 3 is 2.42 bits per heavy atom. The first kappa shape index (κ1) is 25.7. The highest BCUT2D eigenvalue weighted by Crippen LogP contribution is 2.27. The molecule has 0 unspecified atom stereocenters. The third-order valence-corrected chi connectivity index (χ3v) is 7.23. The number of benzene rings is 3. The molecule has 4 aromatic rings. The Balaban J connectivity index is 1.23. The molecule has 7 heteroatoms. The van der Waals surface area contributed by atoms with Crippen LogP contribution in [0.4, 0.5) is 17.3 Å². The number of H-pyrrole nitrogens is 1. The van der Waals surface area contributed by atoms with Crippen LogP contribution in [0.5, 0.6) is 0 Å². The van der Waals surface area contributed by atoms with Crippen molar-refractivity contribution < 1.29 is 4.79 Å². The number of imidazole rings is 1. The van der Waals surface area contributed by atoms with Crippen molar-refractivity contribution in [1.82, 2.24) is 19.8 Å². The Morgan fingerprint density at radius 2 is 1.66 bits per heavy atom. The first-order valence-corrected chi connectivity index (χ1v) is 13.2. The molecule has 0 aliphatic carbocycles. The number of nitrogens with one attached hydrogen (secondary N) is 3. The molecule has 2 heterocycles. The van der Waals surface area contributed by atoms with Gasteiger partial charge in [0.25, 0.3) is 5.91 Å². The van der Waals surface area contributed by atoms with Crippen molar-refractivity contribution in [3.05, 3.63) is 94.7 Å². The smallest absolute Gasteiger partial charge is 0.255 e. The number of likely N-dealkylation sites (N-methyl/N-ethyl adjacent to an activating group) is 1. The quantitative estimate of drug-likeness (QED) is 0.297. The highest BCUT2D eigenvalue weighted by Gasteiger charge is 2.15. The molecule has 1 aromatic heterocycles. The third kappa shape index (κ3) is 6.13. The van der Waals surface area contributed by atoms with Crippen LogP contribution in [0, 0.1) is 20.8 Å². The maximum Gasteiger partial charge on any atom is 0.255 e. The molecule has 1 aliphatic rings. The summed E-state index contributed by atoms with van der Waals surface area (Å²) in [4.78, 5) is 25.7. The minimum Gasteiger partial charge on any atom is -0.325 e. The molecule has 0 spiro atoms. The molecule has 38 heavy (non-hydrogen) atoms. The number of nitrogens with zero attached hydrogens (tertiary/aromatic N) is 3. The fourth-order valence-electron chi connectivity index (χ4n) is 4.74. The van der Waals surface area contributed by atoms with Gasteiger partial charge in [0.05, 0.1) is 11.9 Å². The maximum atomic E-state index is 13.0. The highest BCUT2D eigenvalue weighted by molar-refractivity contribution is 6.04. The average Bonchev–Trinajstić information content (AvgIpc) is 3.37. The largest absolute Gasteiger partial charge is 0.325 e. The van der Waals surface area contributed by atoms with Crippen LogP contribution in [0.25, 0.3) is 11.3 Å². The predicted octanol–water partition coefficient (Wildman–Crippen LogP) is 5.75. The van der Waals surface area contributed by atoms with Gasteiger partial charge < -0.3 is 20.5 Å². The van der Waals surface area contributed by atoms with Gasteiger partial charge in [-0.25, -0.2) is 4.98 Å². The highest BCUT2D eigenvalue weighted by atomic mass is 16.1. The van der Waals surface area contributed by atoms with E-state index in [2.05, 4.69) is 81.6 Å². The number of piperazine rings is 1. The van der Waals surface area contributed by atoms with E-state index in [-0.39, 0.29) is 5.91 Å². The van der Waals surface area contributed by atoms with Crippen LogP contribution in [-0.4, -0.2) is 58.9 Å². The Hall–Kier alpha value is -3.94. The maximum absolute atomic E-state index is 13.0. The van der Waals surface area contributed by atoms with E-state index in [9.17, 15) is 4.79 Å². The van der Waals surface area contributed by atoms with Crippen LogP contribution in [0.2, 0.25) is 0 Å². The van der Waals surface area contributed by atoms with Gasteiger partial charge in [0.15, 0.2) is 0 Å². The second-order valence-electron chi connectivity index (χ2n) is 10.3. The summed E-state index contributed by atoms with van der Waals surface area (Å²) in [6.45, 7) is 11.5. The summed E-state index contributed by atoms with van der Waals surface area (Å²) in [7, 11) is 2.16. The number of amides is 1. The van der Waals surface area contributed by atoms with Crippen molar-refractivity contribution >= 4 is 23.2 Å². The Labute approximate surface area is 224 Å². The lowest BCUT2D eigenvalue weighted by Crippen LogP contribution is -2.43. The molecule has 3 N–H and O–H groups in total. The molecule has 0 bridgehead atoms.